The highest BCUT2D eigenvalue weighted by molar-refractivity contribution is 8.00. The molecule has 1 aliphatic heterocycles. The van der Waals surface area contributed by atoms with E-state index >= 15 is 0 Å². The Bertz CT molecular complexity index is 188. The third kappa shape index (κ3) is 6.09. The summed E-state index contributed by atoms with van der Waals surface area (Å²) in [5, 5.41) is 4.24. The van der Waals surface area contributed by atoms with Crippen LogP contribution in [0.4, 0.5) is 0 Å². The zero-order valence-corrected chi connectivity index (χ0v) is 12.4. The highest BCUT2D eigenvalue weighted by Gasteiger charge is 2.23. The van der Waals surface area contributed by atoms with Crippen molar-refractivity contribution in [2.45, 2.75) is 38.5 Å². The van der Waals surface area contributed by atoms with Crippen LogP contribution in [0.2, 0.25) is 0 Å². The van der Waals surface area contributed by atoms with Crippen LogP contribution in [-0.2, 0) is 4.74 Å². The second-order valence-electron chi connectivity index (χ2n) is 4.55. The number of hydrogen-bond donors (Lipinski definition) is 1. The zero-order chi connectivity index (χ0) is 12.5. The van der Waals surface area contributed by atoms with E-state index in [1.165, 1.54) is 18.7 Å². The van der Waals surface area contributed by atoms with Crippen LogP contribution < -0.4 is 5.32 Å². The summed E-state index contributed by atoms with van der Waals surface area (Å²) in [5.41, 5.74) is 0. The van der Waals surface area contributed by atoms with E-state index in [2.05, 4.69) is 42.7 Å². The first-order chi connectivity index (χ1) is 8.27. The second-order valence-corrected chi connectivity index (χ2v) is 5.90. The first-order valence-corrected chi connectivity index (χ1v) is 7.99. The van der Waals surface area contributed by atoms with Crippen LogP contribution in [-0.4, -0.2) is 61.3 Å². The minimum absolute atomic E-state index is 0.454. The lowest BCUT2D eigenvalue weighted by Gasteiger charge is -2.18. The molecule has 0 aliphatic carbocycles. The Morgan fingerprint density at radius 1 is 1.29 bits per heavy atom. The van der Waals surface area contributed by atoms with Crippen LogP contribution in [0.3, 0.4) is 0 Å². The quantitative estimate of drug-likeness (QED) is 0.639. The highest BCUT2D eigenvalue weighted by Crippen LogP contribution is 2.25. The molecule has 0 aromatic carbocycles. The molecule has 17 heavy (non-hydrogen) atoms. The second kappa shape index (κ2) is 9.20. The van der Waals surface area contributed by atoms with Crippen molar-refractivity contribution in [2.24, 2.45) is 0 Å². The van der Waals surface area contributed by atoms with Crippen molar-refractivity contribution >= 4 is 11.8 Å². The molecule has 2 unspecified atom stereocenters. The van der Waals surface area contributed by atoms with Crippen LogP contribution in [0.1, 0.15) is 27.2 Å². The topological polar surface area (TPSA) is 24.5 Å². The largest absolute Gasteiger partial charge is 0.377 e. The molecule has 1 saturated heterocycles. The van der Waals surface area contributed by atoms with Gasteiger partial charge in [-0.3, -0.25) is 0 Å². The van der Waals surface area contributed by atoms with Gasteiger partial charge in [-0.15, -0.1) is 0 Å². The Morgan fingerprint density at radius 3 is 2.65 bits per heavy atom. The molecular formula is C13H28N2OS. The van der Waals surface area contributed by atoms with Crippen LogP contribution in [0.15, 0.2) is 0 Å². The molecule has 3 nitrogen and oxygen atoms in total. The van der Waals surface area contributed by atoms with Gasteiger partial charge in [0.2, 0.25) is 0 Å². The molecule has 0 aromatic rings. The molecule has 0 saturated carbocycles. The first kappa shape index (κ1) is 15.3. The normalized spacial score (nSPS) is 24.7. The fourth-order valence-corrected chi connectivity index (χ4v) is 3.29. The summed E-state index contributed by atoms with van der Waals surface area (Å²) in [5.74, 6) is 1.20. The van der Waals surface area contributed by atoms with E-state index in [0.717, 1.165) is 38.0 Å². The van der Waals surface area contributed by atoms with E-state index in [0.29, 0.717) is 6.10 Å². The summed E-state index contributed by atoms with van der Waals surface area (Å²) in [4.78, 5) is 2.45. The van der Waals surface area contributed by atoms with Gasteiger partial charge in [0.05, 0.1) is 6.10 Å². The minimum Gasteiger partial charge on any atom is -0.377 e. The molecule has 4 heteroatoms. The van der Waals surface area contributed by atoms with Gasteiger partial charge in [0.1, 0.15) is 0 Å². The van der Waals surface area contributed by atoms with E-state index < -0.39 is 0 Å². The lowest BCUT2D eigenvalue weighted by Crippen LogP contribution is -2.33. The Kier molecular flexibility index (Phi) is 8.27. The van der Waals surface area contributed by atoms with Crippen LogP contribution in [0, 0.1) is 0 Å². The molecule has 1 heterocycles. The van der Waals surface area contributed by atoms with Crippen LogP contribution >= 0.6 is 11.8 Å². The van der Waals surface area contributed by atoms with E-state index in [9.17, 15) is 0 Å². The number of nitrogens with one attached hydrogen (secondary N) is 1. The van der Waals surface area contributed by atoms with Gasteiger partial charge in [-0.05, 0) is 26.4 Å². The average molecular weight is 260 g/mol. The highest BCUT2D eigenvalue weighted by atomic mass is 32.2. The average Bonchev–Trinajstić information content (AvgIpc) is 2.74. The molecule has 0 spiro atoms. The molecule has 1 rings (SSSR count). The van der Waals surface area contributed by atoms with Crippen molar-refractivity contribution in [2.75, 3.05) is 45.1 Å². The fraction of sp³-hybridized carbons (Fsp3) is 1.00. The maximum absolute atomic E-state index is 5.56. The molecule has 102 valence electrons. The summed E-state index contributed by atoms with van der Waals surface area (Å²) in [6.07, 6.45) is 1.68. The predicted molar refractivity (Wildman–Crippen MR) is 76.9 cm³/mol. The van der Waals surface area contributed by atoms with Crippen LogP contribution in [0.5, 0.6) is 0 Å². The predicted octanol–water partition coefficient (Wildman–Crippen LogP) is 1.83. The van der Waals surface area contributed by atoms with E-state index in [4.69, 9.17) is 4.74 Å². The number of nitrogens with zero attached hydrogens (tertiary/aromatic N) is 1. The summed E-state index contributed by atoms with van der Waals surface area (Å²) in [6.45, 7) is 13.3. The van der Waals surface area contributed by atoms with Crippen molar-refractivity contribution in [1.82, 2.24) is 10.2 Å². The van der Waals surface area contributed by atoms with Gasteiger partial charge in [0.25, 0.3) is 0 Å². The molecule has 0 aromatic heterocycles. The Balaban J connectivity index is 1.90. The summed E-state index contributed by atoms with van der Waals surface area (Å²) in [6, 6.07) is 0. The van der Waals surface area contributed by atoms with Gasteiger partial charge in [-0.2, -0.15) is 11.8 Å². The molecule has 2 atom stereocenters. The monoisotopic (exact) mass is 260 g/mol. The fourth-order valence-electron chi connectivity index (χ4n) is 2.12. The third-order valence-electron chi connectivity index (χ3n) is 3.42. The number of thioether (sulfide) groups is 1. The van der Waals surface area contributed by atoms with Gasteiger partial charge in [0, 0.05) is 37.2 Å². The lowest BCUT2D eigenvalue weighted by atomic mass is 10.3. The number of hydrogen-bond acceptors (Lipinski definition) is 4. The Morgan fingerprint density at radius 2 is 2.06 bits per heavy atom. The molecule has 0 bridgehead atoms. The summed E-state index contributed by atoms with van der Waals surface area (Å²) < 4.78 is 5.56. The maximum Gasteiger partial charge on any atom is 0.0666 e. The lowest BCUT2D eigenvalue weighted by molar-refractivity contribution is 0.127. The van der Waals surface area contributed by atoms with Crippen molar-refractivity contribution < 1.29 is 4.74 Å². The van der Waals surface area contributed by atoms with Gasteiger partial charge in [0.15, 0.2) is 0 Å². The maximum atomic E-state index is 5.56. The van der Waals surface area contributed by atoms with Crippen molar-refractivity contribution in [1.29, 1.82) is 0 Å². The molecule has 0 amide bonds. The van der Waals surface area contributed by atoms with Crippen molar-refractivity contribution in [3.8, 4) is 0 Å². The molecule has 1 N–H and O–H groups in total. The summed E-state index contributed by atoms with van der Waals surface area (Å²) >= 11 is 2.06. The van der Waals surface area contributed by atoms with Gasteiger partial charge < -0.3 is 15.0 Å². The Labute approximate surface area is 111 Å². The van der Waals surface area contributed by atoms with Crippen LogP contribution in [0.25, 0.3) is 0 Å². The minimum atomic E-state index is 0.454. The standard InChI is InChI=1S/C13H28N2OS/c1-4-15(5-2)9-7-14-8-11-17-13-6-10-16-12(13)3/h12-14H,4-11H2,1-3H3. The molecule has 1 aliphatic rings. The third-order valence-corrected chi connectivity index (χ3v) is 4.90. The number of likely N-dealkylation sites (N-methyl/N-ethyl adjacent to an activating group) is 1. The smallest absolute Gasteiger partial charge is 0.0666 e. The van der Waals surface area contributed by atoms with E-state index in [-0.39, 0.29) is 0 Å². The van der Waals surface area contributed by atoms with Gasteiger partial charge in [-0.1, -0.05) is 13.8 Å². The van der Waals surface area contributed by atoms with Gasteiger partial charge >= 0.3 is 0 Å². The van der Waals surface area contributed by atoms with Crippen molar-refractivity contribution in [3.63, 3.8) is 0 Å². The number of rotatable bonds is 9. The van der Waals surface area contributed by atoms with Gasteiger partial charge in [-0.25, -0.2) is 0 Å². The molecule has 0 radical (unpaired) electrons. The molecular weight excluding hydrogens is 232 g/mol. The zero-order valence-electron chi connectivity index (χ0n) is 11.6. The van der Waals surface area contributed by atoms with E-state index in [1.807, 2.05) is 0 Å². The summed E-state index contributed by atoms with van der Waals surface area (Å²) in [7, 11) is 0. The van der Waals surface area contributed by atoms with Crippen molar-refractivity contribution in [3.05, 3.63) is 0 Å². The Hall–Kier alpha value is 0.230. The van der Waals surface area contributed by atoms with E-state index in [1.54, 1.807) is 0 Å². The SMILES string of the molecule is CCN(CC)CCNCCSC1CCOC1C. The number of ether oxygens (including phenoxy) is 1. The molecule has 1 fully saturated rings. The first-order valence-electron chi connectivity index (χ1n) is 6.94.